The lowest BCUT2D eigenvalue weighted by Crippen LogP contribution is -2.43. The highest BCUT2D eigenvalue weighted by molar-refractivity contribution is 5.39. The maximum Gasteiger partial charge on any atom is 0.177 e. The summed E-state index contributed by atoms with van der Waals surface area (Å²) < 4.78 is 22.8. The molecule has 1 fully saturated rings. The van der Waals surface area contributed by atoms with Crippen molar-refractivity contribution in [1.29, 1.82) is 0 Å². The van der Waals surface area contributed by atoms with E-state index in [9.17, 15) is 0 Å². The first kappa shape index (κ1) is 17.7. The Balaban J connectivity index is 1.77. The van der Waals surface area contributed by atoms with E-state index in [4.69, 9.17) is 18.9 Å². The molecule has 0 unspecified atom stereocenters. The second-order valence-electron chi connectivity index (χ2n) is 6.01. The maximum absolute atomic E-state index is 6.25. The van der Waals surface area contributed by atoms with Crippen LogP contribution >= 0.6 is 0 Å². The summed E-state index contributed by atoms with van der Waals surface area (Å²) in [7, 11) is 3.29. The quantitative estimate of drug-likeness (QED) is 0.870. The van der Waals surface area contributed by atoms with E-state index in [1.165, 1.54) is 0 Å². The first-order valence-electron chi connectivity index (χ1n) is 8.49. The van der Waals surface area contributed by atoms with Gasteiger partial charge in [0.05, 0.1) is 33.0 Å². The van der Waals surface area contributed by atoms with Crippen LogP contribution in [0.1, 0.15) is 30.2 Å². The number of ether oxygens (including phenoxy) is 4. The summed E-state index contributed by atoms with van der Waals surface area (Å²) in [5, 5.41) is 3.49. The van der Waals surface area contributed by atoms with E-state index in [1.54, 1.807) is 14.2 Å². The summed E-state index contributed by atoms with van der Waals surface area (Å²) in [5.74, 6) is 1.49. The number of nitrogens with one attached hydrogen (secondary N) is 1. The molecule has 1 saturated heterocycles. The monoisotopic (exact) mass is 343 g/mol. The topological polar surface area (TPSA) is 49.0 Å². The molecule has 2 aromatic rings. The molecular formula is C20H25NO4. The fraction of sp³-hybridized carbons (Fsp3) is 0.400. The molecule has 2 aromatic carbocycles. The molecule has 0 amide bonds. The Morgan fingerprint density at radius 3 is 2.36 bits per heavy atom. The van der Waals surface area contributed by atoms with Crippen molar-refractivity contribution in [2.75, 3.05) is 27.4 Å². The Kier molecular flexibility index (Phi) is 5.91. The third-order valence-electron chi connectivity index (χ3n) is 4.36. The highest BCUT2D eigenvalue weighted by Crippen LogP contribution is 2.32. The van der Waals surface area contributed by atoms with E-state index < -0.39 is 0 Å². The van der Waals surface area contributed by atoms with Gasteiger partial charge in [-0.1, -0.05) is 30.3 Å². The molecule has 1 heterocycles. The highest BCUT2D eigenvalue weighted by atomic mass is 16.7. The number of hydrogen-bond acceptors (Lipinski definition) is 5. The van der Waals surface area contributed by atoms with Crippen molar-refractivity contribution < 1.29 is 18.9 Å². The summed E-state index contributed by atoms with van der Waals surface area (Å²) in [5.41, 5.74) is 2.14. The molecule has 134 valence electrons. The summed E-state index contributed by atoms with van der Waals surface area (Å²) in [6, 6.07) is 16.0. The van der Waals surface area contributed by atoms with Crippen LogP contribution in [0.5, 0.6) is 11.5 Å². The van der Waals surface area contributed by atoms with E-state index >= 15 is 0 Å². The Morgan fingerprint density at radius 1 is 1.04 bits per heavy atom. The van der Waals surface area contributed by atoms with Crippen LogP contribution in [0, 0.1) is 0 Å². The van der Waals surface area contributed by atoms with Crippen LogP contribution in [0.4, 0.5) is 0 Å². The van der Waals surface area contributed by atoms with Crippen molar-refractivity contribution in [3.63, 3.8) is 0 Å². The number of rotatable bonds is 6. The Hall–Kier alpha value is -2.08. The maximum atomic E-state index is 6.25. The minimum absolute atomic E-state index is 0.00454. The van der Waals surface area contributed by atoms with Crippen molar-refractivity contribution in [1.82, 2.24) is 5.32 Å². The van der Waals surface area contributed by atoms with Crippen LogP contribution in [-0.2, 0) is 9.47 Å². The van der Waals surface area contributed by atoms with Crippen molar-refractivity contribution >= 4 is 0 Å². The summed E-state index contributed by atoms with van der Waals surface area (Å²) in [6.07, 6.45) is -0.525. The molecule has 5 nitrogen and oxygen atoms in total. The van der Waals surface area contributed by atoms with E-state index in [2.05, 4.69) is 17.4 Å². The van der Waals surface area contributed by atoms with Gasteiger partial charge < -0.3 is 24.3 Å². The zero-order valence-corrected chi connectivity index (χ0v) is 14.9. The first-order valence-corrected chi connectivity index (χ1v) is 8.49. The van der Waals surface area contributed by atoms with Gasteiger partial charge in [-0.3, -0.25) is 0 Å². The van der Waals surface area contributed by atoms with Crippen molar-refractivity contribution in [3.05, 3.63) is 59.7 Å². The molecule has 1 aliphatic rings. The average Bonchev–Trinajstić information content (AvgIpc) is 2.68. The van der Waals surface area contributed by atoms with Crippen molar-refractivity contribution in [2.45, 2.75) is 25.4 Å². The lowest BCUT2D eigenvalue weighted by atomic mass is 10.0. The molecule has 25 heavy (non-hydrogen) atoms. The minimum atomic E-state index is -0.358. The van der Waals surface area contributed by atoms with Gasteiger partial charge in [0.1, 0.15) is 11.5 Å². The second-order valence-corrected chi connectivity index (χ2v) is 6.01. The third-order valence-corrected chi connectivity index (χ3v) is 4.36. The normalized spacial score (nSPS) is 21.6. The molecule has 0 aliphatic carbocycles. The van der Waals surface area contributed by atoms with E-state index in [0.29, 0.717) is 6.61 Å². The average molecular weight is 343 g/mol. The molecule has 0 saturated carbocycles. The van der Waals surface area contributed by atoms with Gasteiger partial charge in [0.15, 0.2) is 6.29 Å². The zero-order valence-electron chi connectivity index (χ0n) is 14.9. The minimum Gasteiger partial charge on any atom is -0.497 e. The second kappa shape index (κ2) is 8.34. The molecule has 1 N–H and O–H groups in total. The predicted octanol–water partition coefficient (Wildman–Crippen LogP) is 3.47. The van der Waals surface area contributed by atoms with Crippen molar-refractivity contribution in [3.8, 4) is 11.5 Å². The van der Waals surface area contributed by atoms with E-state index in [0.717, 1.165) is 29.2 Å². The number of hydrogen-bond donors (Lipinski definition) is 1. The standard InChI is InChI=1S/C20H25NO4/c1-14(16-11-17(22-2)13-18(12-16)23-3)25-20-19(21-9-10-24-20)15-7-5-4-6-8-15/h4-8,11-14,19-21H,9-10H2,1-3H3/t14-,19+,20-/m1/s1. The SMILES string of the molecule is COc1cc(OC)cc([C@@H](C)O[C@H]2OCCN[C@H]2c2ccccc2)c1. The van der Waals surface area contributed by atoms with Crippen LogP contribution in [0.2, 0.25) is 0 Å². The van der Waals surface area contributed by atoms with Gasteiger partial charge in [0, 0.05) is 12.6 Å². The van der Waals surface area contributed by atoms with Crippen LogP contribution in [0.15, 0.2) is 48.5 Å². The lowest BCUT2D eigenvalue weighted by molar-refractivity contribution is -0.200. The van der Waals surface area contributed by atoms with Gasteiger partial charge in [-0.15, -0.1) is 0 Å². The van der Waals surface area contributed by atoms with Gasteiger partial charge in [0.2, 0.25) is 0 Å². The van der Waals surface area contributed by atoms with Crippen LogP contribution in [0.25, 0.3) is 0 Å². The van der Waals surface area contributed by atoms with E-state index in [1.807, 2.05) is 43.3 Å². The molecular weight excluding hydrogens is 318 g/mol. The van der Waals surface area contributed by atoms with Gasteiger partial charge in [-0.2, -0.15) is 0 Å². The van der Waals surface area contributed by atoms with Gasteiger partial charge >= 0.3 is 0 Å². The van der Waals surface area contributed by atoms with Crippen molar-refractivity contribution in [2.24, 2.45) is 0 Å². The van der Waals surface area contributed by atoms with Crippen LogP contribution in [0.3, 0.4) is 0 Å². The summed E-state index contributed by atoms with van der Waals surface area (Å²) in [6.45, 7) is 3.44. The molecule has 1 aliphatic heterocycles. The molecule has 0 spiro atoms. The number of morpholine rings is 1. The van der Waals surface area contributed by atoms with E-state index in [-0.39, 0.29) is 18.4 Å². The van der Waals surface area contributed by atoms with Gasteiger partial charge in [0.25, 0.3) is 0 Å². The smallest absolute Gasteiger partial charge is 0.177 e. The molecule has 0 bridgehead atoms. The van der Waals surface area contributed by atoms with Gasteiger partial charge in [-0.05, 0) is 30.2 Å². The number of benzene rings is 2. The Labute approximate surface area is 148 Å². The van der Waals surface area contributed by atoms with Crippen LogP contribution in [-0.4, -0.2) is 33.7 Å². The molecule has 3 rings (SSSR count). The van der Waals surface area contributed by atoms with Crippen LogP contribution < -0.4 is 14.8 Å². The largest absolute Gasteiger partial charge is 0.497 e. The highest BCUT2D eigenvalue weighted by Gasteiger charge is 2.29. The first-order chi connectivity index (χ1) is 12.2. The molecule has 5 heteroatoms. The fourth-order valence-electron chi connectivity index (χ4n) is 2.98. The fourth-order valence-corrected chi connectivity index (χ4v) is 2.98. The molecule has 0 aromatic heterocycles. The summed E-state index contributed by atoms with van der Waals surface area (Å²) >= 11 is 0. The Morgan fingerprint density at radius 2 is 1.72 bits per heavy atom. The predicted molar refractivity (Wildman–Crippen MR) is 96.0 cm³/mol. The Bertz CT molecular complexity index is 654. The third kappa shape index (κ3) is 4.31. The lowest BCUT2D eigenvalue weighted by Gasteiger charge is -2.34. The zero-order chi connectivity index (χ0) is 17.6. The molecule has 0 radical (unpaired) electrons. The number of methoxy groups -OCH3 is 2. The molecule has 3 atom stereocenters. The van der Waals surface area contributed by atoms with Gasteiger partial charge in [-0.25, -0.2) is 0 Å². The summed E-state index contributed by atoms with van der Waals surface area (Å²) in [4.78, 5) is 0.